The maximum atomic E-state index is 12.8. The topological polar surface area (TPSA) is 46.3 Å². The number of nitrogens with two attached hydrogens (primary N) is 1. The number of anilines is 2. The molecule has 0 bridgehead atoms. The highest BCUT2D eigenvalue weighted by Crippen LogP contribution is 2.33. The fraction of sp³-hybridized carbons (Fsp3) is 0.312. The number of hydrogen-bond donors (Lipinski definition) is 1. The molecule has 1 aromatic rings. The Morgan fingerprint density at radius 1 is 1.32 bits per heavy atom. The van der Waals surface area contributed by atoms with Crippen LogP contribution in [0.1, 0.15) is 24.8 Å². The van der Waals surface area contributed by atoms with Crippen molar-refractivity contribution >= 4 is 17.3 Å². The van der Waals surface area contributed by atoms with Gasteiger partial charge in [0.05, 0.1) is 5.56 Å². The Kier molecular flexibility index (Phi) is 4.59. The maximum Gasteiger partial charge on any atom is 0.416 e. The molecule has 1 aliphatic carbocycles. The molecule has 0 heterocycles. The van der Waals surface area contributed by atoms with E-state index in [1.807, 2.05) is 18.2 Å². The van der Waals surface area contributed by atoms with Gasteiger partial charge in [0.15, 0.2) is 0 Å². The zero-order valence-corrected chi connectivity index (χ0v) is 12.2. The minimum atomic E-state index is -4.50. The van der Waals surface area contributed by atoms with Gasteiger partial charge in [-0.3, -0.25) is 4.79 Å². The van der Waals surface area contributed by atoms with E-state index in [9.17, 15) is 18.0 Å². The Bertz CT molecular complexity index is 633. The number of nitrogens with zero attached hydrogens (tertiary/aromatic N) is 1. The summed E-state index contributed by atoms with van der Waals surface area (Å²) in [4.78, 5) is 13.4. The number of hydrogen-bond acceptors (Lipinski definition) is 2. The van der Waals surface area contributed by atoms with Crippen LogP contribution in [0.5, 0.6) is 0 Å². The summed E-state index contributed by atoms with van der Waals surface area (Å²) in [5, 5.41) is 0. The van der Waals surface area contributed by atoms with Gasteiger partial charge in [0.1, 0.15) is 0 Å². The van der Waals surface area contributed by atoms with E-state index in [2.05, 4.69) is 0 Å². The predicted molar refractivity (Wildman–Crippen MR) is 80.3 cm³/mol. The Balaban J connectivity index is 2.19. The van der Waals surface area contributed by atoms with Gasteiger partial charge in [0.25, 0.3) is 0 Å². The lowest BCUT2D eigenvalue weighted by atomic mass is 10.0. The molecule has 0 aliphatic heterocycles. The fourth-order valence-electron chi connectivity index (χ4n) is 2.25. The van der Waals surface area contributed by atoms with Crippen LogP contribution in [0.15, 0.2) is 42.0 Å². The number of alkyl halides is 3. The lowest BCUT2D eigenvalue weighted by Gasteiger charge is -2.20. The summed E-state index contributed by atoms with van der Waals surface area (Å²) in [7, 11) is 1.45. The van der Waals surface area contributed by atoms with Gasteiger partial charge in [-0.1, -0.05) is 23.8 Å². The molecule has 2 N–H and O–H groups in total. The summed E-state index contributed by atoms with van der Waals surface area (Å²) < 4.78 is 38.4. The van der Waals surface area contributed by atoms with Crippen LogP contribution in [0.4, 0.5) is 24.5 Å². The van der Waals surface area contributed by atoms with Crippen LogP contribution in [-0.2, 0) is 11.0 Å². The van der Waals surface area contributed by atoms with Crippen molar-refractivity contribution in [3.63, 3.8) is 0 Å². The molecule has 0 saturated heterocycles. The highest BCUT2D eigenvalue weighted by Gasteiger charge is 2.31. The minimum absolute atomic E-state index is 0.0238. The Morgan fingerprint density at radius 2 is 2.05 bits per heavy atom. The standard InChI is InChI=1S/C16H17F3N2O/c1-21(15(22)7-11-5-3-2-4-6-11)14-9-12(16(17,18)19)8-13(20)10-14/h2-3,5,8-10H,4,6-7,20H2,1H3. The van der Waals surface area contributed by atoms with Crippen molar-refractivity contribution < 1.29 is 18.0 Å². The van der Waals surface area contributed by atoms with E-state index in [1.54, 1.807) is 0 Å². The monoisotopic (exact) mass is 310 g/mol. The largest absolute Gasteiger partial charge is 0.416 e. The summed E-state index contributed by atoms with van der Waals surface area (Å²) in [5.74, 6) is -0.264. The van der Waals surface area contributed by atoms with Gasteiger partial charge >= 0.3 is 6.18 Å². The molecule has 22 heavy (non-hydrogen) atoms. The molecular weight excluding hydrogens is 293 g/mol. The van der Waals surface area contributed by atoms with Gasteiger partial charge in [-0.15, -0.1) is 0 Å². The van der Waals surface area contributed by atoms with E-state index in [1.165, 1.54) is 18.0 Å². The molecule has 0 fully saturated rings. The van der Waals surface area contributed by atoms with Crippen LogP contribution in [-0.4, -0.2) is 13.0 Å². The van der Waals surface area contributed by atoms with Crippen molar-refractivity contribution in [1.29, 1.82) is 0 Å². The van der Waals surface area contributed by atoms with E-state index in [4.69, 9.17) is 5.73 Å². The lowest BCUT2D eigenvalue weighted by Crippen LogP contribution is -2.27. The fourth-order valence-corrected chi connectivity index (χ4v) is 2.25. The lowest BCUT2D eigenvalue weighted by molar-refractivity contribution is -0.137. The molecule has 0 saturated carbocycles. The highest BCUT2D eigenvalue weighted by molar-refractivity contribution is 5.94. The molecular formula is C16H17F3N2O. The van der Waals surface area contributed by atoms with Crippen molar-refractivity contribution in [2.45, 2.75) is 25.4 Å². The molecule has 2 rings (SSSR count). The maximum absolute atomic E-state index is 12.8. The second-order valence-corrected chi connectivity index (χ2v) is 5.23. The van der Waals surface area contributed by atoms with E-state index in [0.717, 1.165) is 30.5 Å². The molecule has 0 unspecified atom stereocenters. The van der Waals surface area contributed by atoms with Crippen molar-refractivity contribution in [3.8, 4) is 0 Å². The Morgan fingerprint density at radius 3 is 2.64 bits per heavy atom. The van der Waals surface area contributed by atoms with Crippen LogP contribution < -0.4 is 10.6 Å². The van der Waals surface area contributed by atoms with Crippen molar-refractivity contribution in [1.82, 2.24) is 0 Å². The van der Waals surface area contributed by atoms with Crippen LogP contribution >= 0.6 is 0 Å². The molecule has 6 heteroatoms. The van der Waals surface area contributed by atoms with Gasteiger partial charge in [0.2, 0.25) is 5.91 Å². The molecule has 1 amide bonds. The van der Waals surface area contributed by atoms with E-state index in [0.29, 0.717) is 0 Å². The number of halogens is 3. The second-order valence-electron chi connectivity index (χ2n) is 5.23. The van der Waals surface area contributed by atoms with Gasteiger partial charge in [0, 0.05) is 24.8 Å². The summed E-state index contributed by atoms with van der Waals surface area (Å²) in [6, 6.07) is 3.15. The summed E-state index contributed by atoms with van der Waals surface area (Å²) >= 11 is 0. The number of allylic oxidation sites excluding steroid dienone is 3. The number of amides is 1. The molecule has 1 aromatic carbocycles. The number of nitrogen functional groups attached to an aromatic ring is 1. The Hall–Kier alpha value is -2.24. The first kappa shape index (κ1) is 16.1. The molecule has 0 spiro atoms. The van der Waals surface area contributed by atoms with E-state index in [-0.39, 0.29) is 23.7 Å². The number of benzene rings is 1. The number of carbonyl (C=O) groups excluding carboxylic acids is 1. The molecule has 3 nitrogen and oxygen atoms in total. The summed E-state index contributed by atoms with van der Waals surface area (Å²) in [5.41, 5.74) is 5.75. The second kappa shape index (κ2) is 6.25. The first-order valence-corrected chi connectivity index (χ1v) is 6.86. The average molecular weight is 310 g/mol. The van der Waals surface area contributed by atoms with Crippen LogP contribution in [0.25, 0.3) is 0 Å². The molecule has 1 aliphatic rings. The van der Waals surface area contributed by atoms with Gasteiger partial charge in [-0.25, -0.2) is 0 Å². The van der Waals surface area contributed by atoms with Crippen molar-refractivity contribution in [2.75, 3.05) is 17.7 Å². The van der Waals surface area contributed by atoms with Crippen LogP contribution in [0.2, 0.25) is 0 Å². The van der Waals surface area contributed by atoms with Gasteiger partial charge < -0.3 is 10.6 Å². The van der Waals surface area contributed by atoms with Crippen LogP contribution in [0.3, 0.4) is 0 Å². The predicted octanol–water partition coefficient (Wildman–Crippen LogP) is 3.92. The first-order chi connectivity index (χ1) is 10.3. The Labute approximate surface area is 126 Å². The SMILES string of the molecule is CN(C(=O)CC1=CC=CCC1)c1cc(N)cc(C(F)(F)F)c1. The average Bonchev–Trinajstić information content (AvgIpc) is 2.46. The first-order valence-electron chi connectivity index (χ1n) is 6.86. The zero-order chi connectivity index (χ0) is 16.3. The minimum Gasteiger partial charge on any atom is -0.399 e. The molecule has 0 atom stereocenters. The molecule has 0 aromatic heterocycles. The van der Waals surface area contributed by atoms with Crippen molar-refractivity contribution in [3.05, 3.63) is 47.6 Å². The number of carbonyl (C=O) groups is 1. The van der Waals surface area contributed by atoms with Gasteiger partial charge in [-0.05, 0) is 31.0 Å². The zero-order valence-electron chi connectivity index (χ0n) is 12.2. The molecule has 0 radical (unpaired) electrons. The quantitative estimate of drug-likeness (QED) is 0.860. The highest BCUT2D eigenvalue weighted by atomic mass is 19.4. The van der Waals surface area contributed by atoms with E-state index < -0.39 is 11.7 Å². The van der Waals surface area contributed by atoms with Gasteiger partial charge in [-0.2, -0.15) is 13.2 Å². The summed E-state index contributed by atoms with van der Waals surface area (Å²) in [6.07, 6.45) is 3.12. The third-order valence-electron chi connectivity index (χ3n) is 3.51. The van der Waals surface area contributed by atoms with E-state index >= 15 is 0 Å². The number of rotatable bonds is 3. The molecule has 118 valence electrons. The van der Waals surface area contributed by atoms with Crippen molar-refractivity contribution in [2.24, 2.45) is 0 Å². The normalized spacial score (nSPS) is 14.6. The van der Waals surface area contributed by atoms with Crippen LogP contribution in [0, 0.1) is 0 Å². The summed E-state index contributed by atoms with van der Waals surface area (Å²) in [6.45, 7) is 0. The third kappa shape index (κ3) is 3.90. The third-order valence-corrected chi connectivity index (χ3v) is 3.51. The smallest absolute Gasteiger partial charge is 0.399 e.